The quantitative estimate of drug-likeness (QED) is 0.548. The molecule has 1 aromatic heterocycles. The number of likely N-dealkylation sites (tertiary alicyclic amines) is 1. The highest BCUT2D eigenvalue weighted by Crippen LogP contribution is 2.43. The number of fused-ring (bicyclic) bond motifs is 1. The lowest BCUT2D eigenvalue weighted by molar-refractivity contribution is 0.153. The standard InChI is InChI=1S/C18H14Cl2FN3O2S/c19-11-2-3-12(21)15(16(11)20)18(5-6-24(8-18)17(25)26)23-10-1-4-14-13(7-10)22-9-27-14/h1-4,7,9,23H,5-6,8H2,(H,25,26)/t18-/m1/s1. The molecule has 5 nitrogen and oxygen atoms in total. The Labute approximate surface area is 168 Å². The van der Waals surface area contributed by atoms with Crippen molar-refractivity contribution in [2.24, 2.45) is 0 Å². The predicted octanol–water partition coefficient (Wildman–Crippen LogP) is 5.43. The maximum atomic E-state index is 14.8. The molecule has 2 heterocycles. The van der Waals surface area contributed by atoms with Gasteiger partial charge in [-0.1, -0.05) is 23.2 Å². The SMILES string of the molecule is O=C(O)N1CC[C@](Nc2ccc3scnc3c2)(c2c(F)ccc(Cl)c2Cl)C1. The Morgan fingerprint density at radius 3 is 2.89 bits per heavy atom. The van der Waals surface area contributed by atoms with Crippen molar-refractivity contribution < 1.29 is 14.3 Å². The maximum Gasteiger partial charge on any atom is 0.407 e. The average molecular weight is 426 g/mol. The number of hydrogen-bond acceptors (Lipinski definition) is 4. The first kappa shape index (κ1) is 18.3. The van der Waals surface area contributed by atoms with Crippen LogP contribution in [0.15, 0.2) is 35.8 Å². The van der Waals surface area contributed by atoms with Gasteiger partial charge in [0.15, 0.2) is 0 Å². The number of halogens is 3. The normalized spacial score (nSPS) is 19.6. The van der Waals surface area contributed by atoms with Crippen LogP contribution in [-0.4, -0.2) is 34.2 Å². The second-order valence-corrected chi connectivity index (χ2v) is 8.09. The molecule has 2 N–H and O–H groups in total. The zero-order valence-corrected chi connectivity index (χ0v) is 16.2. The van der Waals surface area contributed by atoms with Gasteiger partial charge in [-0.25, -0.2) is 14.2 Å². The Morgan fingerprint density at radius 2 is 2.15 bits per heavy atom. The summed E-state index contributed by atoms with van der Waals surface area (Å²) in [4.78, 5) is 17.0. The summed E-state index contributed by atoms with van der Waals surface area (Å²) in [5.74, 6) is -0.529. The highest BCUT2D eigenvalue weighted by molar-refractivity contribution is 7.16. The summed E-state index contributed by atoms with van der Waals surface area (Å²) in [7, 11) is 0. The van der Waals surface area contributed by atoms with Gasteiger partial charge in [-0.15, -0.1) is 11.3 Å². The number of carboxylic acid groups (broad SMARTS) is 1. The van der Waals surface area contributed by atoms with Gasteiger partial charge in [0.2, 0.25) is 0 Å². The molecule has 1 amide bonds. The predicted molar refractivity (Wildman–Crippen MR) is 106 cm³/mol. The molecule has 1 saturated heterocycles. The molecule has 9 heteroatoms. The Bertz CT molecular complexity index is 1040. The van der Waals surface area contributed by atoms with E-state index in [1.54, 1.807) is 5.51 Å². The van der Waals surface area contributed by atoms with Crippen LogP contribution >= 0.6 is 34.5 Å². The summed E-state index contributed by atoms with van der Waals surface area (Å²) in [5.41, 5.74) is 2.41. The fraction of sp³-hybridized carbons (Fsp3) is 0.222. The van der Waals surface area contributed by atoms with Crippen LogP contribution in [0.5, 0.6) is 0 Å². The summed E-state index contributed by atoms with van der Waals surface area (Å²) < 4.78 is 15.8. The third-order valence-corrected chi connectivity index (χ3v) is 6.39. The second kappa shape index (κ2) is 6.82. The molecule has 140 valence electrons. The molecule has 0 unspecified atom stereocenters. The molecule has 3 aromatic rings. The molecule has 1 fully saturated rings. The number of amides is 1. The molecule has 0 bridgehead atoms. The number of benzene rings is 2. The zero-order valence-electron chi connectivity index (χ0n) is 13.9. The number of thiazole rings is 1. The van der Waals surface area contributed by atoms with E-state index >= 15 is 0 Å². The number of aromatic nitrogens is 1. The molecular formula is C18H14Cl2FN3O2S. The van der Waals surface area contributed by atoms with Gasteiger partial charge in [0.25, 0.3) is 0 Å². The number of carbonyl (C=O) groups is 1. The molecule has 0 saturated carbocycles. The summed E-state index contributed by atoms with van der Waals surface area (Å²) in [6, 6.07) is 8.28. The smallest absolute Gasteiger partial charge is 0.407 e. The van der Waals surface area contributed by atoms with Crippen molar-refractivity contribution in [2.75, 3.05) is 18.4 Å². The van der Waals surface area contributed by atoms with Crippen LogP contribution < -0.4 is 5.32 Å². The van der Waals surface area contributed by atoms with Crippen molar-refractivity contribution in [1.82, 2.24) is 9.88 Å². The van der Waals surface area contributed by atoms with Crippen molar-refractivity contribution in [1.29, 1.82) is 0 Å². The van der Waals surface area contributed by atoms with Crippen LogP contribution in [0.3, 0.4) is 0 Å². The number of nitrogens with zero attached hydrogens (tertiary/aromatic N) is 2. The van der Waals surface area contributed by atoms with Gasteiger partial charge in [-0.2, -0.15) is 0 Å². The van der Waals surface area contributed by atoms with Gasteiger partial charge < -0.3 is 15.3 Å². The lowest BCUT2D eigenvalue weighted by Gasteiger charge is -2.33. The van der Waals surface area contributed by atoms with Crippen LogP contribution in [-0.2, 0) is 5.54 Å². The van der Waals surface area contributed by atoms with E-state index in [0.717, 1.165) is 10.2 Å². The second-order valence-electron chi connectivity index (χ2n) is 6.41. The van der Waals surface area contributed by atoms with E-state index in [1.165, 1.54) is 28.4 Å². The first-order valence-electron chi connectivity index (χ1n) is 8.13. The van der Waals surface area contributed by atoms with Crippen LogP contribution in [0.25, 0.3) is 10.2 Å². The maximum absolute atomic E-state index is 14.8. The fourth-order valence-corrected chi connectivity index (χ4v) is 4.67. The largest absolute Gasteiger partial charge is 0.465 e. The monoisotopic (exact) mass is 425 g/mol. The summed E-state index contributed by atoms with van der Waals surface area (Å²) in [6.07, 6.45) is -0.710. The lowest BCUT2D eigenvalue weighted by Crippen LogP contribution is -2.41. The van der Waals surface area contributed by atoms with E-state index in [4.69, 9.17) is 23.2 Å². The zero-order chi connectivity index (χ0) is 19.2. The summed E-state index contributed by atoms with van der Waals surface area (Å²) >= 11 is 14.0. The Morgan fingerprint density at radius 1 is 1.33 bits per heavy atom. The van der Waals surface area contributed by atoms with Crippen molar-refractivity contribution in [2.45, 2.75) is 12.0 Å². The number of hydrogen-bond donors (Lipinski definition) is 2. The van der Waals surface area contributed by atoms with Gasteiger partial charge in [0.05, 0.1) is 37.9 Å². The molecule has 1 aliphatic rings. The topological polar surface area (TPSA) is 65.5 Å². The van der Waals surface area contributed by atoms with Crippen LogP contribution in [0, 0.1) is 5.82 Å². The molecule has 0 spiro atoms. The molecule has 2 aromatic carbocycles. The van der Waals surface area contributed by atoms with E-state index in [1.807, 2.05) is 18.2 Å². The van der Waals surface area contributed by atoms with Crippen LogP contribution in [0.4, 0.5) is 14.9 Å². The van der Waals surface area contributed by atoms with Crippen molar-refractivity contribution in [3.8, 4) is 0 Å². The minimum atomic E-state index is -1.06. The van der Waals surface area contributed by atoms with Crippen molar-refractivity contribution in [3.05, 3.63) is 57.3 Å². The molecule has 1 atom stereocenters. The molecular weight excluding hydrogens is 412 g/mol. The number of anilines is 1. The molecule has 4 rings (SSSR count). The third kappa shape index (κ3) is 3.20. The molecule has 0 aliphatic carbocycles. The summed E-state index contributed by atoms with van der Waals surface area (Å²) in [6.45, 7) is 0.304. The Balaban J connectivity index is 1.82. The number of rotatable bonds is 3. The third-order valence-electron chi connectivity index (χ3n) is 4.78. The Hall–Kier alpha value is -2.09. The fourth-order valence-electron chi connectivity index (χ4n) is 3.52. The van der Waals surface area contributed by atoms with E-state index in [2.05, 4.69) is 10.3 Å². The van der Waals surface area contributed by atoms with Gasteiger partial charge in [0.1, 0.15) is 5.82 Å². The van der Waals surface area contributed by atoms with Crippen LogP contribution in [0.1, 0.15) is 12.0 Å². The van der Waals surface area contributed by atoms with E-state index in [-0.39, 0.29) is 28.7 Å². The van der Waals surface area contributed by atoms with Crippen molar-refractivity contribution in [3.63, 3.8) is 0 Å². The van der Waals surface area contributed by atoms with Gasteiger partial charge in [-0.05, 0) is 36.8 Å². The highest BCUT2D eigenvalue weighted by atomic mass is 35.5. The van der Waals surface area contributed by atoms with E-state index in [9.17, 15) is 14.3 Å². The first-order chi connectivity index (χ1) is 12.9. The van der Waals surface area contributed by atoms with Gasteiger partial charge in [-0.3, -0.25) is 0 Å². The minimum absolute atomic E-state index is 0.0500. The number of nitrogens with one attached hydrogen (secondary N) is 1. The van der Waals surface area contributed by atoms with E-state index < -0.39 is 17.4 Å². The first-order valence-corrected chi connectivity index (χ1v) is 9.76. The van der Waals surface area contributed by atoms with Gasteiger partial charge in [0, 0.05) is 17.8 Å². The molecule has 1 aliphatic heterocycles. The van der Waals surface area contributed by atoms with E-state index in [0.29, 0.717) is 12.1 Å². The lowest BCUT2D eigenvalue weighted by atomic mass is 9.87. The molecule has 0 radical (unpaired) electrons. The highest BCUT2D eigenvalue weighted by Gasteiger charge is 2.45. The Kier molecular flexibility index (Phi) is 4.61. The molecule has 27 heavy (non-hydrogen) atoms. The average Bonchev–Trinajstić information content (AvgIpc) is 3.26. The minimum Gasteiger partial charge on any atom is -0.465 e. The summed E-state index contributed by atoms with van der Waals surface area (Å²) in [5, 5.41) is 13.0. The van der Waals surface area contributed by atoms with Crippen molar-refractivity contribution >= 4 is 56.5 Å². The van der Waals surface area contributed by atoms with Crippen LogP contribution in [0.2, 0.25) is 10.0 Å². The van der Waals surface area contributed by atoms with Gasteiger partial charge >= 0.3 is 6.09 Å².